The van der Waals surface area contributed by atoms with Crippen LogP contribution in [0.25, 0.3) is 0 Å². The molecule has 2 rings (SSSR count). The summed E-state index contributed by atoms with van der Waals surface area (Å²) in [4.78, 5) is 0. The van der Waals surface area contributed by atoms with Crippen molar-refractivity contribution in [1.82, 2.24) is 0 Å². The van der Waals surface area contributed by atoms with Gasteiger partial charge in [0, 0.05) is 12.5 Å². The molecule has 3 heteroatoms. The van der Waals surface area contributed by atoms with Crippen molar-refractivity contribution < 1.29 is 14.6 Å². The van der Waals surface area contributed by atoms with Crippen molar-refractivity contribution in [3.05, 3.63) is 0 Å². The molecule has 76 valence electrons. The molecule has 13 heavy (non-hydrogen) atoms. The molecule has 4 atom stereocenters. The predicted octanol–water partition coefficient (Wildman–Crippen LogP) is 1.15. The predicted molar refractivity (Wildman–Crippen MR) is 48.2 cm³/mol. The molecule has 2 fully saturated rings. The summed E-state index contributed by atoms with van der Waals surface area (Å²) in [7, 11) is 0. The fourth-order valence-electron chi connectivity index (χ4n) is 2.55. The largest absolute Gasteiger partial charge is 0.396 e. The highest BCUT2D eigenvalue weighted by Crippen LogP contribution is 2.44. The maximum atomic E-state index is 9.17. The van der Waals surface area contributed by atoms with E-state index in [1.807, 2.05) is 13.8 Å². The minimum Gasteiger partial charge on any atom is -0.396 e. The van der Waals surface area contributed by atoms with Crippen LogP contribution in [0.3, 0.4) is 0 Å². The van der Waals surface area contributed by atoms with E-state index in [1.54, 1.807) is 0 Å². The molecule has 1 saturated heterocycles. The number of hydrogen-bond donors (Lipinski definition) is 1. The number of aliphatic hydroxyl groups is 1. The summed E-state index contributed by atoms with van der Waals surface area (Å²) in [5, 5.41) is 9.17. The molecule has 0 aromatic carbocycles. The van der Waals surface area contributed by atoms with Crippen LogP contribution < -0.4 is 0 Å². The molecule has 0 aromatic rings. The average Bonchev–Trinajstić information content (AvgIpc) is 2.47. The van der Waals surface area contributed by atoms with Gasteiger partial charge >= 0.3 is 0 Å². The monoisotopic (exact) mass is 186 g/mol. The van der Waals surface area contributed by atoms with E-state index in [0.717, 1.165) is 6.42 Å². The number of aliphatic hydroxyl groups excluding tert-OH is 1. The first-order valence-corrected chi connectivity index (χ1v) is 5.00. The van der Waals surface area contributed by atoms with Crippen molar-refractivity contribution in [3.63, 3.8) is 0 Å². The van der Waals surface area contributed by atoms with Crippen LogP contribution in [-0.2, 0) is 9.47 Å². The normalized spacial score (nSPS) is 48.0. The summed E-state index contributed by atoms with van der Waals surface area (Å²) in [5.74, 6) is 0.308. The van der Waals surface area contributed by atoms with Crippen LogP contribution >= 0.6 is 0 Å². The Morgan fingerprint density at radius 2 is 1.92 bits per heavy atom. The molecule has 1 aliphatic carbocycles. The first-order chi connectivity index (χ1) is 6.03. The molecule has 0 amide bonds. The zero-order chi connectivity index (χ0) is 9.64. The molecule has 1 N–H and O–H groups in total. The van der Waals surface area contributed by atoms with Crippen LogP contribution in [0.5, 0.6) is 0 Å². The van der Waals surface area contributed by atoms with Gasteiger partial charge in [0.1, 0.15) is 0 Å². The van der Waals surface area contributed by atoms with Gasteiger partial charge in [0.25, 0.3) is 0 Å². The van der Waals surface area contributed by atoms with Crippen LogP contribution in [0.1, 0.15) is 27.2 Å². The first-order valence-electron chi connectivity index (χ1n) is 5.00. The van der Waals surface area contributed by atoms with Gasteiger partial charge in [-0.05, 0) is 26.2 Å². The van der Waals surface area contributed by atoms with Gasteiger partial charge in [0.05, 0.1) is 12.2 Å². The minimum absolute atomic E-state index is 0.106. The molecule has 1 saturated carbocycles. The second-order valence-corrected chi connectivity index (χ2v) is 4.72. The number of fused-ring (bicyclic) bond motifs is 1. The molecule has 1 heterocycles. The van der Waals surface area contributed by atoms with E-state index in [0.29, 0.717) is 5.92 Å². The Bertz CT molecular complexity index is 202. The van der Waals surface area contributed by atoms with E-state index in [9.17, 15) is 0 Å². The third-order valence-electron chi connectivity index (χ3n) is 3.10. The van der Waals surface area contributed by atoms with Crippen LogP contribution in [0, 0.1) is 11.8 Å². The third-order valence-corrected chi connectivity index (χ3v) is 3.10. The van der Waals surface area contributed by atoms with Crippen molar-refractivity contribution in [2.24, 2.45) is 11.8 Å². The molecular formula is C10H18O3. The Morgan fingerprint density at radius 3 is 2.54 bits per heavy atom. The van der Waals surface area contributed by atoms with Gasteiger partial charge in [-0.25, -0.2) is 0 Å². The van der Waals surface area contributed by atoms with Crippen molar-refractivity contribution in [2.45, 2.75) is 45.2 Å². The van der Waals surface area contributed by atoms with Crippen LogP contribution in [0.4, 0.5) is 0 Å². The lowest BCUT2D eigenvalue weighted by atomic mass is 10.1. The van der Waals surface area contributed by atoms with E-state index in [-0.39, 0.29) is 24.7 Å². The summed E-state index contributed by atoms with van der Waals surface area (Å²) in [5.41, 5.74) is 0. The van der Waals surface area contributed by atoms with E-state index in [1.165, 1.54) is 0 Å². The highest BCUT2D eigenvalue weighted by Gasteiger charge is 2.51. The Balaban J connectivity index is 2.12. The first kappa shape index (κ1) is 9.44. The Kier molecular flexibility index (Phi) is 2.13. The minimum atomic E-state index is -0.461. The fraction of sp³-hybridized carbons (Fsp3) is 1.00. The van der Waals surface area contributed by atoms with Gasteiger partial charge in [-0.15, -0.1) is 0 Å². The molecule has 2 aliphatic rings. The van der Waals surface area contributed by atoms with Gasteiger partial charge in [-0.1, -0.05) is 6.92 Å². The third kappa shape index (κ3) is 1.49. The zero-order valence-electron chi connectivity index (χ0n) is 8.49. The van der Waals surface area contributed by atoms with Crippen molar-refractivity contribution in [1.29, 1.82) is 0 Å². The van der Waals surface area contributed by atoms with Gasteiger partial charge in [-0.2, -0.15) is 0 Å². The van der Waals surface area contributed by atoms with Crippen molar-refractivity contribution in [3.8, 4) is 0 Å². The summed E-state index contributed by atoms with van der Waals surface area (Å²) in [6, 6.07) is 0. The molecule has 3 nitrogen and oxygen atoms in total. The number of hydrogen-bond acceptors (Lipinski definition) is 3. The summed E-state index contributed by atoms with van der Waals surface area (Å²) in [6.45, 7) is 6.25. The van der Waals surface area contributed by atoms with Gasteiger partial charge in [0.2, 0.25) is 0 Å². The topological polar surface area (TPSA) is 38.7 Å². The molecule has 0 bridgehead atoms. The fourth-order valence-corrected chi connectivity index (χ4v) is 2.55. The van der Waals surface area contributed by atoms with Crippen LogP contribution in [0.15, 0.2) is 0 Å². The Morgan fingerprint density at radius 1 is 1.31 bits per heavy atom. The van der Waals surface area contributed by atoms with Gasteiger partial charge in [0.15, 0.2) is 5.79 Å². The van der Waals surface area contributed by atoms with Gasteiger partial charge in [-0.3, -0.25) is 0 Å². The second kappa shape index (κ2) is 2.94. The summed E-state index contributed by atoms with van der Waals surface area (Å²) < 4.78 is 11.5. The molecule has 0 spiro atoms. The lowest BCUT2D eigenvalue weighted by molar-refractivity contribution is -0.162. The van der Waals surface area contributed by atoms with E-state index in [2.05, 4.69) is 6.92 Å². The average molecular weight is 186 g/mol. The quantitative estimate of drug-likeness (QED) is 0.667. The molecule has 1 unspecified atom stereocenters. The zero-order valence-corrected chi connectivity index (χ0v) is 8.49. The van der Waals surface area contributed by atoms with Gasteiger partial charge < -0.3 is 14.6 Å². The number of ether oxygens (including phenoxy) is 2. The standard InChI is InChI=1S/C10H18O3/c1-6-4-7(5-11)9-8(6)12-10(2,3)13-9/h6-9,11H,4-5H2,1-3H3/t6?,7-,8+,9-/m1/s1. The maximum absolute atomic E-state index is 9.17. The smallest absolute Gasteiger partial charge is 0.163 e. The lowest BCUT2D eigenvalue weighted by Crippen LogP contribution is -2.26. The Labute approximate surface area is 79.0 Å². The maximum Gasteiger partial charge on any atom is 0.163 e. The highest BCUT2D eigenvalue weighted by atomic mass is 16.8. The summed E-state index contributed by atoms with van der Waals surface area (Å²) >= 11 is 0. The van der Waals surface area contributed by atoms with E-state index >= 15 is 0 Å². The van der Waals surface area contributed by atoms with Crippen molar-refractivity contribution >= 4 is 0 Å². The number of rotatable bonds is 1. The molecule has 0 radical (unpaired) electrons. The summed E-state index contributed by atoms with van der Waals surface area (Å²) in [6.07, 6.45) is 1.31. The van der Waals surface area contributed by atoms with Crippen LogP contribution in [0.2, 0.25) is 0 Å². The van der Waals surface area contributed by atoms with E-state index in [4.69, 9.17) is 14.6 Å². The highest BCUT2D eigenvalue weighted by molar-refractivity contribution is 4.96. The van der Waals surface area contributed by atoms with Crippen molar-refractivity contribution in [2.75, 3.05) is 6.61 Å². The van der Waals surface area contributed by atoms with E-state index < -0.39 is 5.79 Å². The van der Waals surface area contributed by atoms with Crippen LogP contribution in [-0.4, -0.2) is 29.7 Å². The second-order valence-electron chi connectivity index (χ2n) is 4.72. The molecule has 1 aliphatic heterocycles. The Hall–Kier alpha value is -0.120. The lowest BCUT2D eigenvalue weighted by Gasteiger charge is -2.21. The SMILES string of the molecule is CC1C[C@H](CO)[C@H]2OC(C)(C)O[C@@H]12. The molecule has 0 aromatic heterocycles. The molecular weight excluding hydrogens is 168 g/mol.